The minimum absolute atomic E-state index is 0. The number of hydrogen-bond acceptors (Lipinski definition) is 3. The molecule has 0 saturated carbocycles. The van der Waals surface area contributed by atoms with Crippen LogP contribution in [0.15, 0.2) is 34.2 Å². The summed E-state index contributed by atoms with van der Waals surface area (Å²) in [7, 11) is 1.92. The Morgan fingerprint density at radius 2 is 2.27 bits per heavy atom. The van der Waals surface area contributed by atoms with Crippen molar-refractivity contribution in [1.82, 2.24) is 20.4 Å². The maximum atomic E-state index is 4.59. The smallest absolute Gasteiger partial charge is 0.191 e. The number of hydrogen-bond donors (Lipinski definition) is 2. The van der Waals surface area contributed by atoms with E-state index >= 15 is 0 Å². The predicted octanol–water partition coefficient (Wildman–Crippen LogP) is 2.96. The summed E-state index contributed by atoms with van der Waals surface area (Å²) in [5.41, 5.74) is 2.48. The lowest BCUT2D eigenvalue weighted by molar-refractivity contribution is 0.701. The van der Waals surface area contributed by atoms with Crippen molar-refractivity contribution in [2.75, 3.05) is 13.1 Å². The van der Waals surface area contributed by atoms with Crippen LogP contribution < -0.4 is 10.6 Å². The fourth-order valence-corrected chi connectivity index (χ4v) is 2.77. The van der Waals surface area contributed by atoms with E-state index in [2.05, 4.69) is 51.4 Å². The van der Waals surface area contributed by atoms with Gasteiger partial charge in [0.2, 0.25) is 0 Å². The molecule has 122 valence electrons. The Morgan fingerprint density at radius 3 is 2.86 bits per heavy atom. The van der Waals surface area contributed by atoms with Crippen LogP contribution in [-0.2, 0) is 13.6 Å². The summed E-state index contributed by atoms with van der Waals surface area (Å²) in [6.07, 6.45) is 3.84. The zero-order valence-electron chi connectivity index (χ0n) is 13.2. The average Bonchev–Trinajstić information content (AvgIpc) is 3.13. The summed E-state index contributed by atoms with van der Waals surface area (Å²) in [6.45, 7) is 6.65. The maximum Gasteiger partial charge on any atom is 0.191 e. The van der Waals surface area contributed by atoms with Crippen molar-refractivity contribution in [3.05, 3.63) is 40.3 Å². The average molecular weight is 433 g/mol. The van der Waals surface area contributed by atoms with Crippen LogP contribution in [0.25, 0.3) is 0 Å². The number of guanidine groups is 1. The number of nitrogens with one attached hydrogen (secondary N) is 2. The largest absolute Gasteiger partial charge is 0.357 e. The molecule has 2 heterocycles. The molecule has 1 atom stereocenters. The van der Waals surface area contributed by atoms with Crippen LogP contribution in [-0.4, -0.2) is 28.8 Å². The van der Waals surface area contributed by atoms with Crippen molar-refractivity contribution in [1.29, 1.82) is 0 Å². The fourth-order valence-electron chi connectivity index (χ4n) is 1.99. The molecule has 1 unspecified atom stereocenters. The van der Waals surface area contributed by atoms with Crippen LogP contribution in [0, 0.1) is 0 Å². The third-order valence-corrected chi connectivity index (χ3v) is 3.91. The van der Waals surface area contributed by atoms with Gasteiger partial charge in [-0.1, -0.05) is 6.92 Å². The van der Waals surface area contributed by atoms with Crippen molar-refractivity contribution in [3.63, 3.8) is 0 Å². The Labute approximate surface area is 153 Å². The molecule has 2 aromatic heterocycles. The normalized spacial score (nSPS) is 12.6. The summed E-state index contributed by atoms with van der Waals surface area (Å²) in [6, 6.07) is 2.18. The second kappa shape index (κ2) is 9.83. The zero-order valence-corrected chi connectivity index (χ0v) is 16.4. The lowest BCUT2D eigenvalue weighted by Crippen LogP contribution is -2.39. The first-order valence-corrected chi connectivity index (χ1v) is 8.15. The van der Waals surface area contributed by atoms with Crippen molar-refractivity contribution in [2.24, 2.45) is 12.0 Å². The van der Waals surface area contributed by atoms with Gasteiger partial charge in [-0.3, -0.25) is 4.68 Å². The van der Waals surface area contributed by atoms with Gasteiger partial charge in [0.15, 0.2) is 5.96 Å². The molecule has 7 heteroatoms. The molecular weight excluding hydrogens is 409 g/mol. The van der Waals surface area contributed by atoms with Crippen LogP contribution in [0.3, 0.4) is 0 Å². The SMILES string of the molecule is CCNC(=NCc1cnn(C)c1)NCC(C)c1ccsc1.I. The van der Waals surface area contributed by atoms with Crippen molar-refractivity contribution in [3.8, 4) is 0 Å². The Morgan fingerprint density at radius 1 is 1.45 bits per heavy atom. The quantitative estimate of drug-likeness (QED) is 0.419. The number of aryl methyl sites for hydroxylation is 1. The minimum atomic E-state index is 0. The van der Waals surface area contributed by atoms with Gasteiger partial charge in [-0.2, -0.15) is 16.4 Å². The van der Waals surface area contributed by atoms with Crippen molar-refractivity contribution in [2.45, 2.75) is 26.3 Å². The standard InChI is InChI=1S/C15H23N5S.HI/c1-4-16-15(18-8-13-9-19-20(3)10-13)17-7-12(2)14-5-6-21-11-14;/h5-6,9-12H,4,7-8H2,1-3H3,(H2,16,17,18);1H. The van der Waals surface area contributed by atoms with Gasteiger partial charge in [0.25, 0.3) is 0 Å². The highest BCUT2D eigenvalue weighted by atomic mass is 127. The summed E-state index contributed by atoms with van der Waals surface area (Å²) < 4.78 is 1.80. The second-order valence-electron chi connectivity index (χ2n) is 5.06. The van der Waals surface area contributed by atoms with E-state index in [0.717, 1.165) is 24.6 Å². The van der Waals surface area contributed by atoms with Gasteiger partial charge in [-0.05, 0) is 35.2 Å². The van der Waals surface area contributed by atoms with Crippen LogP contribution in [0.1, 0.15) is 30.9 Å². The monoisotopic (exact) mass is 433 g/mol. The third kappa shape index (κ3) is 5.96. The van der Waals surface area contributed by atoms with Crippen LogP contribution in [0.5, 0.6) is 0 Å². The van der Waals surface area contributed by atoms with Crippen LogP contribution in [0.4, 0.5) is 0 Å². The molecule has 2 aromatic rings. The maximum absolute atomic E-state index is 4.59. The van der Waals surface area contributed by atoms with E-state index in [0.29, 0.717) is 12.5 Å². The van der Waals surface area contributed by atoms with E-state index in [1.807, 2.05) is 19.4 Å². The number of thiophene rings is 1. The molecule has 22 heavy (non-hydrogen) atoms. The molecule has 0 amide bonds. The first-order chi connectivity index (χ1) is 10.2. The van der Waals surface area contributed by atoms with Gasteiger partial charge in [-0.25, -0.2) is 4.99 Å². The van der Waals surface area contributed by atoms with E-state index in [1.165, 1.54) is 5.56 Å². The lowest BCUT2D eigenvalue weighted by Gasteiger charge is -2.15. The van der Waals surface area contributed by atoms with Gasteiger partial charge in [0, 0.05) is 31.9 Å². The number of nitrogens with zero attached hydrogens (tertiary/aromatic N) is 3. The first kappa shape index (κ1) is 19.0. The molecule has 0 aliphatic rings. The minimum Gasteiger partial charge on any atom is -0.357 e. The molecule has 0 radical (unpaired) electrons. The summed E-state index contributed by atoms with van der Waals surface area (Å²) in [4.78, 5) is 4.59. The van der Waals surface area contributed by atoms with E-state index in [9.17, 15) is 0 Å². The topological polar surface area (TPSA) is 54.2 Å². The van der Waals surface area contributed by atoms with E-state index in [1.54, 1.807) is 16.0 Å². The number of halogens is 1. The van der Waals surface area contributed by atoms with Gasteiger partial charge < -0.3 is 10.6 Å². The van der Waals surface area contributed by atoms with Crippen LogP contribution in [0.2, 0.25) is 0 Å². The van der Waals surface area contributed by atoms with Crippen molar-refractivity contribution < 1.29 is 0 Å². The highest BCUT2D eigenvalue weighted by Crippen LogP contribution is 2.16. The van der Waals surface area contributed by atoms with Crippen molar-refractivity contribution >= 4 is 41.3 Å². The Bertz CT molecular complexity index is 564. The highest BCUT2D eigenvalue weighted by Gasteiger charge is 2.07. The Balaban J connectivity index is 0.00000242. The lowest BCUT2D eigenvalue weighted by atomic mass is 10.1. The second-order valence-corrected chi connectivity index (χ2v) is 5.84. The molecule has 0 saturated heterocycles. The summed E-state index contributed by atoms with van der Waals surface area (Å²) in [5, 5.41) is 15.2. The van der Waals surface area contributed by atoms with Gasteiger partial charge >= 0.3 is 0 Å². The van der Waals surface area contributed by atoms with E-state index in [4.69, 9.17) is 0 Å². The predicted molar refractivity (Wildman–Crippen MR) is 104 cm³/mol. The first-order valence-electron chi connectivity index (χ1n) is 7.20. The Kier molecular flexibility index (Phi) is 8.47. The molecule has 0 aromatic carbocycles. The molecular formula is C15H24IN5S. The van der Waals surface area contributed by atoms with Gasteiger partial charge in [0.05, 0.1) is 12.7 Å². The number of aliphatic imine (C=N–C) groups is 1. The Hall–Kier alpha value is -1.09. The molecule has 2 N–H and O–H groups in total. The molecule has 0 fully saturated rings. The molecule has 0 bridgehead atoms. The van der Waals surface area contributed by atoms with Gasteiger partial charge in [-0.15, -0.1) is 24.0 Å². The number of aromatic nitrogens is 2. The van der Waals surface area contributed by atoms with Gasteiger partial charge in [0.1, 0.15) is 0 Å². The summed E-state index contributed by atoms with van der Waals surface area (Å²) >= 11 is 1.74. The fraction of sp³-hybridized carbons (Fsp3) is 0.467. The summed E-state index contributed by atoms with van der Waals surface area (Å²) in [5.74, 6) is 1.32. The molecule has 0 aliphatic heterocycles. The van der Waals surface area contributed by atoms with Crippen LogP contribution >= 0.6 is 35.3 Å². The zero-order chi connectivity index (χ0) is 15.1. The number of rotatable bonds is 6. The molecule has 0 aliphatic carbocycles. The molecule has 5 nitrogen and oxygen atoms in total. The van der Waals surface area contributed by atoms with E-state index < -0.39 is 0 Å². The third-order valence-electron chi connectivity index (χ3n) is 3.21. The molecule has 2 rings (SSSR count). The molecule has 0 spiro atoms. The highest BCUT2D eigenvalue weighted by molar-refractivity contribution is 14.0. The van der Waals surface area contributed by atoms with E-state index in [-0.39, 0.29) is 24.0 Å².